The van der Waals surface area contributed by atoms with Crippen LogP contribution in [0.2, 0.25) is 0 Å². The fraction of sp³-hybridized carbons (Fsp3) is 0.533. The molecule has 1 N–H and O–H groups in total. The monoisotopic (exact) mass is 267 g/mol. The summed E-state index contributed by atoms with van der Waals surface area (Å²) < 4.78 is 0. The van der Waals surface area contributed by atoms with Crippen LogP contribution in [-0.2, 0) is 5.41 Å². The topological polar surface area (TPSA) is 29.1 Å². The molecule has 0 aromatic heterocycles. The van der Waals surface area contributed by atoms with Crippen molar-refractivity contribution >= 4 is 17.5 Å². The number of carbonyl (C=O) groups excluding carboxylic acids is 1. The predicted molar refractivity (Wildman–Crippen MR) is 77.4 cm³/mol. The summed E-state index contributed by atoms with van der Waals surface area (Å²) in [5.74, 6) is -0.0345. The van der Waals surface area contributed by atoms with E-state index in [1.807, 2.05) is 31.2 Å². The van der Waals surface area contributed by atoms with Crippen molar-refractivity contribution in [3.05, 3.63) is 35.4 Å². The second-order valence-electron chi connectivity index (χ2n) is 5.65. The van der Waals surface area contributed by atoms with Gasteiger partial charge in [-0.15, -0.1) is 11.6 Å². The molecule has 0 heterocycles. The number of hydrogen-bond acceptors (Lipinski definition) is 1. The molecular formula is C15H22ClNO. The number of carbonyl (C=O) groups is 1. The molecule has 0 aliphatic heterocycles. The van der Waals surface area contributed by atoms with Crippen LogP contribution in [0.1, 0.15) is 50.0 Å². The van der Waals surface area contributed by atoms with Gasteiger partial charge in [0, 0.05) is 17.5 Å². The maximum absolute atomic E-state index is 11.8. The zero-order chi connectivity index (χ0) is 13.8. The first-order valence-electron chi connectivity index (χ1n) is 6.33. The number of alkyl halides is 1. The van der Waals surface area contributed by atoms with Crippen molar-refractivity contribution in [2.75, 3.05) is 6.54 Å². The van der Waals surface area contributed by atoms with E-state index in [1.54, 1.807) is 0 Å². The molecular weight excluding hydrogens is 246 g/mol. The molecule has 0 spiro atoms. The molecule has 0 bridgehead atoms. The van der Waals surface area contributed by atoms with E-state index in [9.17, 15) is 4.79 Å². The van der Waals surface area contributed by atoms with Gasteiger partial charge in [-0.05, 0) is 36.5 Å². The second-order valence-corrected chi connectivity index (χ2v) is 6.40. The molecule has 1 amide bonds. The first kappa shape index (κ1) is 15.0. The van der Waals surface area contributed by atoms with Crippen LogP contribution in [0.25, 0.3) is 0 Å². The van der Waals surface area contributed by atoms with Gasteiger partial charge in [0.2, 0.25) is 0 Å². The molecule has 1 atom stereocenters. The van der Waals surface area contributed by atoms with Gasteiger partial charge in [0.05, 0.1) is 0 Å². The summed E-state index contributed by atoms with van der Waals surface area (Å²) in [6.07, 6.45) is 0.785. The molecule has 0 aliphatic rings. The Bertz CT molecular complexity index is 390. The Morgan fingerprint density at radius 2 is 1.83 bits per heavy atom. The summed E-state index contributed by atoms with van der Waals surface area (Å²) in [5.41, 5.74) is 2.04. The molecule has 3 heteroatoms. The van der Waals surface area contributed by atoms with E-state index in [0.717, 1.165) is 6.42 Å². The minimum atomic E-state index is -0.0345. The van der Waals surface area contributed by atoms with Crippen LogP contribution in [-0.4, -0.2) is 17.8 Å². The van der Waals surface area contributed by atoms with Crippen molar-refractivity contribution in [1.29, 1.82) is 0 Å². The Balaban J connectivity index is 2.60. The highest BCUT2D eigenvalue weighted by molar-refractivity contribution is 6.20. The van der Waals surface area contributed by atoms with Gasteiger partial charge in [0.15, 0.2) is 0 Å². The largest absolute Gasteiger partial charge is 0.352 e. The van der Waals surface area contributed by atoms with E-state index < -0.39 is 0 Å². The van der Waals surface area contributed by atoms with Crippen molar-refractivity contribution in [2.45, 2.75) is 44.9 Å². The van der Waals surface area contributed by atoms with Crippen molar-refractivity contribution < 1.29 is 4.79 Å². The average Bonchev–Trinajstić information content (AvgIpc) is 2.27. The van der Waals surface area contributed by atoms with Crippen LogP contribution in [0, 0.1) is 0 Å². The number of halogens is 1. The van der Waals surface area contributed by atoms with E-state index in [2.05, 4.69) is 26.1 Å². The molecule has 0 fully saturated rings. The first-order chi connectivity index (χ1) is 8.30. The van der Waals surface area contributed by atoms with Crippen molar-refractivity contribution in [2.24, 2.45) is 0 Å². The lowest BCUT2D eigenvalue weighted by atomic mass is 9.87. The molecule has 1 aromatic carbocycles. The van der Waals surface area contributed by atoms with Crippen LogP contribution in [0.15, 0.2) is 24.3 Å². The molecule has 1 aromatic rings. The highest BCUT2D eigenvalue weighted by Crippen LogP contribution is 2.22. The summed E-state index contributed by atoms with van der Waals surface area (Å²) in [7, 11) is 0. The van der Waals surface area contributed by atoms with E-state index >= 15 is 0 Å². The summed E-state index contributed by atoms with van der Waals surface area (Å²) in [5, 5.41) is 2.96. The Morgan fingerprint density at radius 1 is 1.28 bits per heavy atom. The van der Waals surface area contributed by atoms with Gasteiger partial charge in [-0.3, -0.25) is 4.79 Å². The maximum atomic E-state index is 11.8. The zero-order valence-corrected chi connectivity index (χ0v) is 12.3. The number of benzene rings is 1. The smallest absolute Gasteiger partial charge is 0.251 e. The van der Waals surface area contributed by atoms with Crippen LogP contribution in [0.3, 0.4) is 0 Å². The van der Waals surface area contributed by atoms with Crippen molar-refractivity contribution in [1.82, 2.24) is 5.32 Å². The Hall–Kier alpha value is -1.02. The van der Waals surface area contributed by atoms with Gasteiger partial charge in [0.1, 0.15) is 0 Å². The summed E-state index contributed by atoms with van der Waals surface area (Å²) >= 11 is 5.83. The van der Waals surface area contributed by atoms with Crippen LogP contribution >= 0.6 is 11.6 Å². The molecule has 18 heavy (non-hydrogen) atoms. The van der Waals surface area contributed by atoms with Gasteiger partial charge in [-0.1, -0.05) is 32.9 Å². The molecule has 1 unspecified atom stereocenters. The SMILES string of the molecule is CC(Cl)CCNC(=O)c1ccc(C(C)(C)C)cc1. The average molecular weight is 268 g/mol. The third-order valence-electron chi connectivity index (χ3n) is 2.84. The van der Waals surface area contributed by atoms with Crippen molar-refractivity contribution in [3.63, 3.8) is 0 Å². The normalized spacial score (nSPS) is 13.2. The lowest BCUT2D eigenvalue weighted by Gasteiger charge is -2.19. The summed E-state index contributed by atoms with van der Waals surface area (Å²) in [6.45, 7) is 9.01. The molecule has 0 radical (unpaired) electrons. The minimum absolute atomic E-state index is 0.0345. The lowest BCUT2D eigenvalue weighted by molar-refractivity contribution is 0.0953. The molecule has 0 saturated heterocycles. The highest BCUT2D eigenvalue weighted by Gasteiger charge is 2.14. The molecule has 1 rings (SSSR count). The maximum Gasteiger partial charge on any atom is 0.251 e. The summed E-state index contributed by atoms with van der Waals surface area (Å²) in [6, 6.07) is 7.78. The van der Waals surface area contributed by atoms with Crippen LogP contribution < -0.4 is 5.32 Å². The molecule has 0 saturated carbocycles. The predicted octanol–water partition coefficient (Wildman–Crippen LogP) is 3.73. The Morgan fingerprint density at radius 3 is 2.28 bits per heavy atom. The number of rotatable bonds is 4. The van der Waals surface area contributed by atoms with E-state index in [0.29, 0.717) is 12.1 Å². The number of amides is 1. The Labute approximate surface area is 115 Å². The molecule has 2 nitrogen and oxygen atoms in total. The molecule has 100 valence electrons. The fourth-order valence-corrected chi connectivity index (χ4v) is 1.72. The van der Waals surface area contributed by atoms with Gasteiger partial charge >= 0.3 is 0 Å². The van der Waals surface area contributed by atoms with Gasteiger partial charge in [-0.25, -0.2) is 0 Å². The van der Waals surface area contributed by atoms with E-state index in [4.69, 9.17) is 11.6 Å². The zero-order valence-electron chi connectivity index (χ0n) is 11.6. The Kier molecular flexibility index (Phi) is 5.21. The van der Waals surface area contributed by atoms with E-state index in [-0.39, 0.29) is 16.7 Å². The number of hydrogen-bond donors (Lipinski definition) is 1. The van der Waals surface area contributed by atoms with Gasteiger partial charge in [0.25, 0.3) is 5.91 Å². The van der Waals surface area contributed by atoms with Crippen LogP contribution in [0.5, 0.6) is 0 Å². The van der Waals surface area contributed by atoms with Crippen molar-refractivity contribution in [3.8, 4) is 0 Å². The van der Waals surface area contributed by atoms with E-state index in [1.165, 1.54) is 5.56 Å². The highest BCUT2D eigenvalue weighted by atomic mass is 35.5. The quantitative estimate of drug-likeness (QED) is 0.828. The first-order valence-corrected chi connectivity index (χ1v) is 6.77. The fourth-order valence-electron chi connectivity index (χ4n) is 1.61. The van der Waals surface area contributed by atoms with Gasteiger partial charge < -0.3 is 5.32 Å². The molecule has 0 aliphatic carbocycles. The number of nitrogens with one attached hydrogen (secondary N) is 1. The standard InChI is InChI=1S/C15H22ClNO/c1-11(16)9-10-17-14(18)12-5-7-13(8-6-12)15(2,3)4/h5-8,11H,9-10H2,1-4H3,(H,17,18). The second kappa shape index (κ2) is 6.24. The third-order valence-corrected chi connectivity index (χ3v) is 3.06. The minimum Gasteiger partial charge on any atom is -0.352 e. The third kappa shape index (κ3) is 4.69. The van der Waals surface area contributed by atoms with Crippen LogP contribution in [0.4, 0.5) is 0 Å². The lowest BCUT2D eigenvalue weighted by Crippen LogP contribution is -2.25. The van der Waals surface area contributed by atoms with Gasteiger partial charge in [-0.2, -0.15) is 0 Å². The summed E-state index contributed by atoms with van der Waals surface area (Å²) in [4.78, 5) is 11.8.